The van der Waals surface area contributed by atoms with E-state index < -0.39 is 0 Å². The van der Waals surface area contributed by atoms with Gasteiger partial charge in [0.05, 0.1) is 17.9 Å². The van der Waals surface area contributed by atoms with E-state index in [0.717, 1.165) is 57.2 Å². The zero-order valence-electron chi connectivity index (χ0n) is 17.1. The predicted molar refractivity (Wildman–Crippen MR) is 113 cm³/mol. The molecule has 2 aromatic heterocycles. The largest absolute Gasteiger partial charge is 0.355 e. The standard InChI is InChI=1S/C21H32N8/c1-2-29-14-15(12-24-29)18-11-16-19(13-23-18)26-27-21(16)17-5-3-6-20(25-17)28-9-4-7-22-8-10-28/h3,5-6,12,14,16,18-19,21-23,26-27H,2,4,7-11,13H2,1H3. The Bertz CT molecular complexity index is 813. The van der Waals surface area contributed by atoms with Gasteiger partial charge in [0.2, 0.25) is 0 Å². The number of hydrogen-bond donors (Lipinski definition) is 4. The van der Waals surface area contributed by atoms with Crippen LogP contribution in [0.15, 0.2) is 30.6 Å². The molecular weight excluding hydrogens is 364 g/mol. The third kappa shape index (κ3) is 3.90. The molecule has 0 spiro atoms. The molecule has 3 aliphatic heterocycles. The molecule has 0 radical (unpaired) electrons. The predicted octanol–water partition coefficient (Wildman–Crippen LogP) is 0.966. The summed E-state index contributed by atoms with van der Waals surface area (Å²) in [6.45, 7) is 8.20. The van der Waals surface area contributed by atoms with Gasteiger partial charge in [-0.2, -0.15) is 5.10 Å². The van der Waals surface area contributed by atoms with Crippen molar-refractivity contribution in [3.05, 3.63) is 41.9 Å². The minimum absolute atomic E-state index is 0.232. The molecule has 0 saturated carbocycles. The molecule has 5 heterocycles. The molecule has 5 rings (SSSR count). The fourth-order valence-corrected chi connectivity index (χ4v) is 4.91. The second-order valence-electron chi connectivity index (χ2n) is 8.37. The summed E-state index contributed by atoms with van der Waals surface area (Å²) in [5, 5.41) is 11.6. The highest BCUT2D eigenvalue weighted by atomic mass is 15.4. The number of nitrogens with one attached hydrogen (secondary N) is 4. The van der Waals surface area contributed by atoms with Gasteiger partial charge in [-0.05, 0) is 38.4 Å². The van der Waals surface area contributed by atoms with Crippen LogP contribution in [0.3, 0.4) is 0 Å². The Hall–Kier alpha value is -2.00. The fraction of sp³-hybridized carbons (Fsp3) is 0.619. The van der Waals surface area contributed by atoms with Crippen LogP contribution < -0.4 is 26.4 Å². The number of aryl methyl sites for hydroxylation is 1. The first-order valence-electron chi connectivity index (χ1n) is 11.0. The number of anilines is 1. The Morgan fingerprint density at radius 2 is 2.14 bits per heavy atom. The third-order valence-corrected chi connectivity index (χ3v) is 6.58. The summed E-state index contributed by atoms with van der Waals surface area (Å²) in [4.78, 5) is 7.50. The maximum atomic E-state index is 5.09. The molecule has 4 N–H and O–H groups in total. The number of pyridine rings is 1. The number of hydrazine groups is 1. The number of fused-ring (bicyclic) bond motifs is 1. The molecule has 3 fully saturated rings. The van der Waals surface area contributed by atoms with Gasteiger partial charge in [0.1, 0.15) is 5.82 Å². The summed E-state index contributed by atoms with van der Waals surface area (Å²) in [5.41, 5.74) is 9.48. The molecule has 3 aliphatic rings. The van der Waals surface area contributed by atoms with Crippen LogP contribution in [-0.4, -0.2) is 53.5 Å². The van der Waals surface area contributed by atoms with Crippen molar-refractivity contribution in [1.82, 2.24) is 36.2 Å². The second-order valence-corrected chi connectivity index (χ2v) is 8.37. The maximum absolute atomic E-state index is 5.09. The molecule has 29 heavy (non-hydrogen) atoms. The molecule has 8 heteroatoms. The van der Waals surface area contributed by atoms with Gasteiger partial charge in [0.25, 0.3) is 0 Å². The van der Waals surface area contributed by atoms with Crippen LogP contribution in [0, 0.1) is 5.92 Å². The summed E-state index contributed by atoms with van der Waals surface area (Å²) < 4.78 is 2.01. The van der Waals surface area contributed by atoms with Crippen LogP contribution in [0.4, 0.5) is 5.82 Å². The van der Waals surface area contributed by atoms with Gasteiger partial charge in [-0.25, -0.2) is 10.4 Å². The summed E-state index contributed by atoms with van der Waals surface area (Å²) in [5.74, 6) is 1.60. The molecule has 0 aromatic carbocycles. The Labute approximate surface area is 172 Å². The first kappa shape index (κ1) is 19.0. The van der Waals surface area contributed by atoms with Gasteiger partial charge in [-0.15, -0.1) is 0 Å². The van der Waals surface area contributed by atoms with E-state index in [1.54, 1.807) is 0 Å². The van der Waals surface area contributed by atoms with E-state index in [-0.39, 0.29) is 6.04 Å². The monoisotopic (exact) mass is 396 g/mol. The Morgan fingerprint density at radius 1 is 1.17 bits per heavy atom. The summed E-state index contributed by atoms with van der Waals surface area (Å²) in [6, 6.07) is 7.49. The van der Waals surface area contributed by atoms with Gasteiger partial charge >= 0.3 is 0 Å². The lowest BCUT2D eigenvalue weighted by Gasteiger charge is -2.34. The number of rotatable bonds is 4. The van der Waals surface area contributed by atoms with Crippen molar-refractivity contribution in [2.45, 2.75) is 44.4 Å². The van der Waals surface area contributed by atoms with Crippen LogP contribution in [-0.2, 0) is 6.54 Å². The molecular formula is C21H32N8. The van der Waals surface area contributed by atoms with Crippen LogP contribution in [0.1, 0.15) is 43.1 Å². The number of piperidine rings is 1. The highest BCUT2D eigenvalue weighted by Gasteiger charge is 2.42. The van der Waals surface area contributed by atoms with Gasteiger partial charge in [0.15, 0.2) is 0 Å². The van der Waals surface area contributed by atoms with Crippen LogP contribution in [0.5, 0.6) is 0 Å². The Morgan fingerprint density at radius 3 is 3.03 bits per heavy atom. The molecule has 4 unspecified atom stereocenters. The smallest absolute Gasteiger partial charge is 0.128 e. The topological polar surface area (TPSA) is 82.1 Å². The highest BCUT2D eigenvalue weighted by molar-refractivity contribution is 5.40. The fourth-order valence-electron chi connectivity index (χ4n) is 4.91. The van der Waals surface area contributed by atoms with Crippen LogP contribution >= 0.6 is 0 Å². The lowest BCUT2D eigenvalue weighted by atomic mass is 9.82. The lowest BCUT2D eigenvalue weighted by Crippen LogP contribution is -2.46. The summed E-state index contributed by atoms with van der Waals surface area (Å²) in [7, 11) is 0. The van der Waals surface area contributed by atoms with Gasteiger partial charge < -0.3 is 15.5 Å². The number of hydrogen-bond acceptors (Lipinski definition) is 7. The van der Waals surface area contributed by atoms with Gasteiger partial charge in [0, 0.05) is 62.5 Å². The molecule has 2 aromatic rings. The van der Waals surface area contributed by atoms with Crippen molar-refractivity contribution in [2.75, 3.05) is 37.6 Å². The Kier molecular flexibility index (Phi) is 5.50. The summed E-state index contributed by atoms with van der Waals surface area (Å²) in [6.07, 6.45) is 6.43. The molecule has 0 bridgehead atoms. The lowest BCUT2D eigenvalue weighted by molar-refractivity contribution is 0.265. The minimum atomic E-state index is 0.232. The van der Waals surface area contributed by atoms with Crippen molar-refractivity contribution < 1.29 is 0 Å². The van der Waals surface area contributed by atoms with E-state index in [9.17, 15) is 0 Å². The Balaban J connectivity index is 1.34. The first-order valence-corrected chi connectivity index (χ1v) is 11.0. The molecule has 3 saturated heterocycles. The van der Waals surface area contributed by atoms with E-state index in [1.807, 2.05) is 10.9 Å². The molecule has 156 valence electrons. The van der Waals surface area contributed by atoms with Crippen LogP contribution in [0.25, 0.3) is 0 Å². The third-order valence-electron chi connectivity index (χ3n) is 6.58. The van der Waals surface area contributed by atoms with Gasteiger partial charge in [-0.3, -0.25) is 10.1 Å². The first-order chi connectivity index (χ1) is 14.3. The summed E-state index contributed by atoms with van der Waals surface area (Å²) >= 11 is 0. The van der Waals surface area contributed by atoms with Crippen molar-refractivity contribution in [3.8, 4) is 0 Å². The number of nitrogens with zero attached hydrogens (tertiary/aromatic N) is 4. The van der Waals surface area contributed by atoms with Crippen molar-refractivity contribution in [1.29, 1.82) is 0 Å². The maximum Gasteiger partial charge on any atom is 0.128 e. The van der Waals surface area contributed by atoms with E-state index in [2.05, 4.69) is 62.8 Å². The number of aromatic nitrogens is 3. The SMILES string of the molecule is CCn1cc(C2CC3C(CN2)NNC3c2cccc(N3CCCNCC3)n2)cn1. The van der Waals surface area contributed by atoms with E-state index >= 15 is 0 Å². The molecule has 0 aliphatic carbocycles. The second kappa shape index (κ2) is 8.39. The van der Waals surface area contributed by atoms with E-state index in [4.69, 9.17) is 4.98 Å². The minimum Gasteiger partial charge on any atom is -0.355 e. The van der Waals surface area contributed by atoms with E-state index in [1.165, 1.54) is 12.0 Å². The average Bonchev–Trinajstić information content (AvgIpc) is 3.32. The van der Waals surface area contributed by atoms with Gasteiger partial charge in [-0.1, -0.05) is 6.07 Å². The average molecular weight is 397 g/mol. The van der Waals surface area contributed by atoms with E-state index in [0.29, 0.717) is 18.0 Å². The zero-order chi connectivity index (χ0) is 19.6. The molecule has 4 atom stereocenters. The normalized spacial score (nSPS) is 30.2. The molecule has 8 nitrogen and oxygen atoms in total. The van der Waals surface area contributed by atoms with Crippen molar-refractivity contribution in [3.63, 3.8) is 0 Å². The van der Waals surface area contributed by atoms with Crippen LogP contribution in [0.2, 0.25) is 0 Å². The quantitative estimate of drug-likeness (QED) is 0.613. The van der Waals surface area contributed by atoms with Crippen molar-refractivity contribution in [2.24, 2.45) is 5.92 Å². The highest BCUT2D eigenvalue weighted by Crippen LogP contribution is 2.38. The molecule has 0 amide bonds. The van der Waals surface area contributed by atoms with Crippen molar-refractivity contribution >= 4 is 5.82 Å². The zero-order valence-corrected chi connectivity index (χ0v) is 17.1.